The number of amides is 1. The second-order valence-electron chi connectivity index (χ2n) is 10.7. The van der Waals surface area contributed by atoms with Gasteiger partial charge in [0, 0.05) is 15.6 Å². The molecule has 1 unspecified atom stereocenters. The Morgan fingerprint density at radius 3 is 2.26 bits per heavy atom. The lowest BCUT2D eigenvalue weighted by molar-refractivity contribution is -0.145. The van der Waals surface area contributed by atoms with Crippen LogP contribution in [0.4, 0.5) is 0 Å². The first-order valence-corrected chi connectivity index (χ1v) is 15.8. The first-order chi connectivity index (χ1) is 19.9. The number of esters is 1. The Hall–Kier alpha value is -3.17. The van der Waals surface area contributed by atoms with Crippen LogP contribution in [-0.2, 0) is 24.3 Å². The highest BCUT2D eigenvalue weighted by molar-refractivity contribution is 7.89. The summed E-state index contributed by atoms with van der Waals surface area (Å²) in [5.74, 6) is -1.04. The summed E-state index contributed by atoms with van der Waals surface area (Å²) in [6, 6.07) is 17.9. The summed E-state index contributed by atoms with van der Waals surface area (Å²) in [6.07, 6.45) is 2.31. The van der Waals surface area contributed by atoms with Crippen LogP contribution in [0.3, 0.4) is 0 Å². The molecule has 1 amide bonds. The Balaban J connectivity index is 0.00000506. The minimum absolute atomic E-state index is 0. The second-order valence-corrected chi connectivity index (χ2v) is 13.4. The molecular formula is C33H38Cl2N2O5S. The lowest BCUT2D eigenvalue weighted by Crippen LogP contribution is -2.48. The van der Waals surface area contributed by atoms with Gasteiger partial charge in [0.05, 0.1) is 24.1 Å². The zero-order chi connectivity index (χ0) is 30.6. The summed E-state index contributed by atoms with van der Waals surface area (Å²) in [4.78, 5) is 26.7. The Labute approximate surface area is 264 Å². The van der Waals surface area contributed by atoms with Gasteiger partial charge in [-0.2, -0.15) is 4.31 Å². The third-order valence-corrected chi connectivity index (χ3v) is 9.77. The van der Waals surface area contributed by atoms with Crippen LogP contribution in [0, 0.1) is 12.8 Å². The monoisotopic (exact) mass is 644 g/mol. The van der Waals surface area contributed by atoms with E-state index in [9.17, 15) is 18.0 Å². The third-order valence-electron chi connectivity index (χ3n) is 7.25. The van der Waals surface area contributed by atoms with Crippen LogP contribution in [0.5, 0.6) is 0 Å². The number of halogens is 2. The highest BCUT2D eigenvalue weighted by Crippen LogP contribution is 2.46. The zero-order valence-corrected chi connectivity index (χ0v) is 26.2. The zero-order valence-electron chi connectivity index (χ0n) is 23.9. The summed E-state index contributed by atoms with van der Waals surface area (Å²) in [5.41, 5.74) is 1.99. The maximum absolute atomic E-state index is 14.7. The van der Waals surface area contributed by atoms with E-state index in [4.69, 9.17) is 27.9 Å². The molecule has 43 heavy (non-hydrogen) atoms. The van der Waals surface area contributed by atoms with Crippen LogP contribution in [0.2, 0.25) is 10.0 Å². The van der Waals surface area contributed by atoms with Crippen molar-refractivity contribution in [1.82, 2.24) is 9.62 Å². The minimum Gasteiger partial charge on any atom is -0.467 e. The Kier molecular flexibility index (Phi) is 11.6. The van der Waals surface area contributed by atoms with Crippen LogP contribution < -0.4 is 5.32 Å². The van der Waals surface area contributed by atoms with E-state index < -0.39 is 40.0 Å². The number of nitrogens with zero attached hydrogens (tertiary/aromatic N) is 1. The highest BCUT2D eigenvalue weighted by Gasteiger charge is 2.45. The maximum Gasteiger partial charge on any atom is 0.328 e. The van der Waals surface area contributed by atoms with Crippen LogP contribution in [0.15, 0.2) is 89.3 Å². The predicted molar refractivity (Wildman–Crippen MR) is 171 cm³/mol. The van der Waals surface area contributed by atoms with Crippen LogP contribution in [-0.4, -0.2) is 37.8 Å². The molecule has 0 aliphatic carbocycles. The maximum atomic E-state index is 14.7. The molecule has 0 bridgehead atoms. The van der Waals surface area contributed by atoms with E-state index in [-0.39, 0.29) is 30.2 Å². The van der Waals surface area contributed by atoms with Gasteiger partial charge in [-0.3, -0.25) is 4.79 Å². The number of methoxy groups -OCH3 is 1. The fraction of sp³-hybridized carbons (Fsp3) is 0.333. The molecule has 3 aromatic carbocycles. The molecule has 230 valence electrons. The van der Waals surface area contributed by atoms with E-state index in [0.29, 0.717) is 33.2 Å². The Bertz CT molecular complexity index is 1590. The fourth-order valence-electron chi connectivity index (χ4n) is 5.29. The van der Waals surface area contributed by atoms with E-state index in [1.807, 2.05) is 13.8 Å². The van der Waals surface area contributed by atoms with Crippen LogP contribution >= 0.6 is 23.2 Å². The van der Waals surface area contributed by atoms with Crippen LogP contribution in [0.25, 0.3) is 0 Å². The van der Waals surface area contributed by atoms with Crippen molar-refractivity contribution in [3.05, 3.63) is 111 Å². The van der Waals surface area contributed by atoms with Gasteiger partial charge >= 0.3 is 5.97 Å². The molecule has 1 aliphatic rings. The smallest absolute Gasteiger partial charge is 0.328 e. The summed E-state index contributed by atoms with van der Waals surface area (Å²) < 4.78 is 35.6. The number of benzene rings is 3. The molecule has 4 rings (SSSR count). The van der Waals surface area contributed by atoms with Crippen molar-refractivity contribution < 1.29 is 22.7 Å². The molecule has 0 saturated carbocycles. The number of sulfonamides is 1. The van der Waals surface area contributed by atoms with E-state index in [0.717, 1.165) is 0 Å². The molecule has 10 heteroatoms. The number of nitrogens with one attached hydrogen (secondary N) is 1. The van der Waals surface area contributed by atoms with Crippen molar-refractivity contribution in [2.24, 2.45) is 5.92 Å². The topological polar surface area (TPSA) is 92.8 Å². The summed E-state index contributed by atoms with van der Waals surface area (Å²) >= 11 is 12.6. The SMILES string of the molecule is C.COC(=O)[C@H](CC(C)C)NC(=O)C1=CC[C@@H](c2ccc(Cl)cc2)N(S(=O)(=O)c2ccccc2C)C1c1cccc(Cl)c1. The molecule has 0 spiro atoms. The predicted octanol–water partition coefficient (Wildman–Crippen LogP) is 7.45. The van der Waals surface area contributed by atoms with Crippen molar-refractivity contribution in [1.29, 1.82) is 0 Å². The van der Waals surface area contributed by atoms with Crippen LogP contribution in [0.1, 0.15) is 62.9 Å². The quantitative estimate of drug-likeness (QED) is 0.244. The van der Waals surface area contributed by atoms with Gasteiger partial charge in [0.1, 0.15) is 6.04 Å². The molecule has 0 fully saturated rings. The number of rotatable bonds is 9. The van der Waals surface area contributed by atoms with Crippen molar-refractivity contribution in [3.8, 4) is 0 Å². The normalized spacial score (nSPS) is 17.9. The van der Waals surface area contributed by atoms with Gasteiger partial charge in [-0.1, -0.05) is 93.0 Å². The first kappa shape index (κ1) is 34.3. The van der Waals surface area contributed by atoms with E-state index in [1.54, 1.807) is 85.8 Å². The molecular weight excluding hydrogens is 607 g/mol. The van der Waals surface area contributed by atoms with Crippen molar-refractivity contribution >= 4 is 45.1 Å². The van der Waals surface area contributed by atoms with E-state index in [2.05, 4.69) is 5.32 Å². The molecule has 1 N–H and O–H groups in total. The van der Waals surface area contributed by atoms with Gasteiger partial charge in [-0.15, -0.1) is 0 Å². The number of hydrogen-bond donors (Lipinski definition) is 1. The molecule has 3 aromatic rings. The Morgan fingerprint density at radius 2 is 1.65 bits per heavy atom. The lowest BCUT2D eigenvalue weighted by atomic mass is 9.88. The molecule has 7 nitrogen and oxygen atoms in total. The second kappa shape index (κ2) is 14.5. The first-order valence-electron chi connectivity index (χ1n) is 13.6. The lowest BCUT2D eigenvalue weighted by Gasteiger charge is -2.41. The number of hydrogen-bond acceptors (Lipinski definition) is 5. The van der Waals surface area contributed by atoms with Gasteiger partial charge in [0.2, 0.25) is 15.9 Å². The molecule has 1 heterocycles. The number of aryl methyl sites for hydroxylation is 1. The van der Waals surface area contributed by atoms with Crippen molar-refractivity contribution in [3.63, 3.8) is 0 Å². The average Bonchev–Trinajstić information content (AvgIpc) is 2.96. The van der Waals surface area contributed by atoms with Gasteiger partial charge in [-0.05, 0) is 72.7 Å². The molecule has 1 aliphatic heterocycles. The number of carbonyl (C=O) groups is 2. The standard InChI is InChI=1S/C32H34Cl2N2O5S.CH4/c1-20(2)18-27(32(38)41-4)35-31(37)26-16-17-28(22-12-14-24(33)15-13-22)36(30(26)23-9-7-10-25(34)19-23)42(39,40)29-11-6-5-8-21(29)3;/h5-16,19-20,27-28,30H,17-18H2,1-4H3,(H,35,37);1H4/t27-,28-,30?;/m0./s1. The Morgan fingerprint density at radius 1 is 0.977 bits per heavy atom. The number of ether oxygens (including phenoxy) is 1. The average molecular weight is 646 g/mol. The van der Waals surface area contributed by atoms with E-state index in [1.165, 1.54) is 11.4 Å². The molecule has 0 radical (unpaired) electrons. The van der Waals surface area contributed by atoms with Gasteiger partial charge in [0.15, 0.2) is 0 Å². The highest BCUT2D eigenvalue weighted by atomic mass is 35.5. The van der Waals surface area contributed by atoms with Gasteiger partial charge in [-0.25, -0.2) is 13.2 Å². The molecule has 0 aromatic heterocycles. The summed E-state index contributed by atoms with van der Waals surface area (Å²) in [7, 11) is -2.93. The summed E-state index contributed by atoms with van der Waals surface area (Å²) in [5, 5.41) is 3.72. The third kappa shape index (κ3) is 7.68. The van der Waals surface area contributed by atoms with Gasteiger partial charge < -0.3 is 10.1 Å². The van der Waals surface area contributed by atoms with Gasteiger partial charge in [0.25, 0.3) is 0 Å². The summed E-state index contributed by atoms with van der Waals surface area (Å²) in [6.45, 7) is 5.60. The fourth-order valence-corrected chi connectivity index (χ4v) is 7.63. The number of carbonyl (C=O) groups excluding carboxylic acids is 2. The van der Waals surface area contributed by atoms with Crippen molar-refractivity contribution in [2.75, 3.05) is 7.11 Å². The largest absolute Gasteiger partial charge is 0.467 e. The van der Waals surface area contributed by atoms with E-state index >= 15 is 0 Å². The molecule has 3 atom stereocenters. The molecule has 0 saturated heterocycles. The van der Waals surface area contributed by atoms with Crippen molar-refractivity contribution in [2.45, 2.75) is 64.1 Å². The minimum atomic E-state index is -4.20.